The number of amides is 1. The molecule has 1 aromatic heterocycles. The van der Waals surface area contributed by atoms with Crippen LogP contribution in [0.4, 0.5) is 5.69 Å². The van der Waals surface area contributed by atoms with Crippen LogP contribution in [-0.4, -0.2) is 122 Å². The number of benzene rings is 2. The number of para-hydroxylation sites is 1. The molecule has 2 aromatic carbocycles. The minimum Gasteiger partial charge on any atom is -0.496 e. The van der Waals surface area contributed by atoms with Crippen molar-refractivity contribution >= 4 is 34.4 Å². The maximum absolute atomic E-state index is 15.4. The molecule has 2 fully saturated rings. The second-order valence-electron chi connectivity index (χ2n) is 19.5. The number of hydrogen-bond donors (Lipinski definition) is 3. The molecule has 1 aliphatic carbocycles. The number of aromatic nitrogens is 1. The number of anilines is 1. The van der Waals surface area contributed by atoms with Crippen molar-refractivity contribution in [3.8, 4) is 5.75 Å². The van der Waals surface area contributed by atoms with Gasteiger partial charge in [0.25, 0.3) is 0 Å². The van der Waals surface area contributed by atoms with E-state index in [1.165, 1.54) is 19.6 Å². The molecule has 6 heterocycles. The third-order valence-corrected chi connectivity index (χ3v) is 15.8. The molecule has 0 radical (unpaired) electrons. The average Bonchev–Trinajstić information content (AvgIpc) is 3.92. The maximum atomic E-state index is 15.4. The summed E-state index contributed by atoms with van der Waals surface area (Å²) in [5.74, 6) is -0.291. The van der Waals surface area contributed by atoms with E-state index in [9.17, 15) is 14.7 Å². The first kappa shape index (κ1) is 42.6. The zero-order valence-electron chi connectivity index (χ0n) is 37.8. The number of methoxy groups -OCH3 is 2. The second-order valence-corrected chi connectivity index (χ2v) is 19.5. The Labute approximate surface area is 366 Å². The van der Waals surface area contributed by atoms with Gasteiger partial charge in [0.2, 0.25) is 5.91 Å². The Hall–Kier alpha value is -4.65. The molecule has 1 spiro atoms. The van der Waals surface area contributed by atoms with Crippen LogP contribution in [0, 0.1) is 17.3 Å². The maximum Gasteiger partial charge on any atom is 0.322 e. The SMILES string of the molecule is CCC1=C[C@@H]2CN(CCc3c([nH]c4ccccc34)[C@@](C(=O)OC)(c3cc4c(cc3OC)N(C)[C@H]3C(O)(CNC(=O)CC(C)C)[C@H](OC(C)=O)[C@]5(CC)C=CCN6CC[C@]43C65)C2)C1. The summed E-state index contributed by atoms with van der Waals surface area (Å²) < 4.78 is 18.9. The Kier molecular flexibility index (Phi) is 10.7. The lowest BCUT2D eigenvalue weighted by atomic mass is 9.47. The van der Waals surface area contributed by atoms with Crippen LogP contribution in [0.2, 0.25) is 0 Å². The van der Waals surface area contributed by atoms with Crippen molar-refractivity contribution in [1.82, 2.24) is 20.1 Å². The van der Waals surface area contributed by atoms with Crippen LogP contribution in [0.25, 0.3) is 10.9 Å². The number of hydrogen-bond acceptors (Lipinski definition) is 10. The molecule has 9 rings (SSSR count). The quantitative estimate of drug-likeness (QED) is 0.170. The molecular formula is C50H65N5O7. The van der Waals surface area contributed by atoms with Gasteiger partial charge >= 0.3 is 11.9 Å². The van der Waals surface area contributed by atoms with E-state index in [2.05, 4.69) is 87.4 Å². The molecule has 12 nitrogen and oxygen atoms in total. The van der Waals surface area contributed by atoms with Crippen molar-refractivity contribution in [3.05, 3.63) is 82.6 Å². The van der Waals surface area contributed by atoms with Crippen molar-refractivity contribution in [2.75, 3.05) is 65.4 Å². The topological polar surface area (TPSA) is 137 Å². The minimum absolute atomic E-state index is 0.0404. The minimum atomic E-state index is -1.74. The van der Waals surface area contributed by atoms with Gasteiger partial charge in [-0.25, -0.2) is 0 Å². The van der Waals surface area contributed by atoms with Crippen molar-refractivity contribution < 1.29 is 33.7 Å². The Morgan fingerprint density at radius 3 is 2.56 bits per heavy atom. The number of nitrogens with one attached hydrogen (secondary N) is 2. The molecule has 1 saturated heterocycles. The van der Waals surface area contributed by atoms with Crippen LogP contribution >= 0.6 is 0 Å². The largest absolute Gasteiger partial charge is 0.496 e. The van der Waals surface area contributed by atoms with Gasteiger partial charge in [0.05, 0.1) is 26.8 Å². The monoisotopic (exact) mass is 847 g/mol. The summed E-state index contributed by atoms with van der Waals surface area (Å²) in [5.41, 5.74) is 2.32. The van der Waals surface area contributed by atoms with Gasteiger partial charge in [-0.05, 0) is 73.7 Å². The lowest BCUT2D eigenvalue weighted by Crippen LogP contribution is -2.81. The van der Waals surface area contributed by atoms with E-state index in [-0.39, 0.29) is 36.3 Å². The number of aliphatic hydroxyl groups is 1. The second kappa shape index (κ2) is 15.6. The average molecular weight is 848 g/mol. The third kappa shape index (κ3) is 6.05. The number of fused-ring (bicyclic) bond motifs is 6. The lowest BCUT2D eigenvalue weighted by Gasteiger charge is -2.64. The first-order valence-electron chi connectivity index (χ1n) is 22.9. The number of carbonyl (C=O) groups is 3. The number of nitrogens with zero attached hydrogens (tertiary/aromatic N) is 3. The molecule has 5 aliphatic heterocycles. The summed E-state index contributed by atoms with van der Waals surface area (Å²) in [4.78, 5) is 53.1. The van der Waals surface area contributed by atoms with E-state index in [0.29, 0.717) is 38.0 Å². The van der Waals surface area contributed by atoms with Crippen LogP contribution in [0.1, 0.15) is 89.1 Å². The number of H-pyrrole nitrogens is 1. The van der Waals surface area contributed by atoms with Crippen LogP contribution in [-0.2, 0) is 41.1 Å². The van der Waals surface area contributed by atoms with Crippen molar-refractivity contribution in [1.29, 1.82) is 0 Å². The van der Waals surface area contributed by atoms with E-state index in [1.807, 2.05) is 27.0 Å². The van der Waals surface area contributed by atoms with E-state index in [0.717, 1.165) is 78.0 Å². The smallest absolute Gasteiger partial charge is 0.322 e. The molecule has 1 saturated carbocycles. The molecule has 332 valence electrons. The third-order valence-electron chi connectivity index (χ3n) is 15.8. The van der Waals surface area contributed by atoms with Crippen LogP contribution < -0.4 is 15.0 Å². The van der Waals surface area contributed by atoms with Gasteiger partial charge in [-0.2, -0.15) is 0 Å². The van der Waals surface area contributed by atoms with Crippen molar-refractivity contribution in [2.45, 2.75) is 108 Å². The Balaban J connectivity index is 1.33. The number of rotatable bonds is 10. The number of ether oxygens (including phenoxy) is 3. The molecule has 3 aromatic rings. The van der Waals surface area contributed by atoms with Gasteiger partial charge in [0, 0.05) is 97.4 Å². The molecular weight excluding hydrogens is 783 g/mol. The Morgan fingerprint density at radius 2 is 1.85 bits per heavy atom. The highest BCUT2D eigenvalue weighted by molar-refractivity contribution is 5.94. The predicted octanol–water partition coefficient (Wildman–Crippen LogP) is 5.79. The Bertz CT molecular complexity index is 2350. The summed E-state index contributed by atoms with van der Waals surface area (Å²) in [6, 6.07) is 11.8. The fraction of sp³-hybridized carbons (Fsp3) is 0.580. The van der Waals surface area contributed by atoms with Crippen LogP contribution in [0.15, 0.2) is 60.2 Å². The van der Waals surface area contributed by atoms with Gasteiger partial charge in [-0.15, -0.1) is 0 Å². The van der Waals surface area contributed by atoms with Gasteiger partial charge in [-0.1, -0.05) is 69.7 Å². The highest BCUT2D eigenvalue weighted by Gasteiger charge is 2.78. The molecule has 3 unspecified atom stereocenters. The molecule has 1 amide bonds. The fourth-order valence-corrected chi connectivity index (χ4v) is 13.7. The first-order chi connectivity index (χ1) is 29.7. The van der Waals surface area contributed by atoms with Crippen molar-refractivity contribution in [2.24, 2.45) is 17.3 Å². The molecule has 2 bridgehead atoms. The summed E-state index contributed by atoms with van der Waals surface area (Å²) in [7, 11) is 5.16. The number of likely N-dealkylation sites (N-methyl/N-ethyl adjacent to an activating group) is 1. The fourth-order valence-electron chi connectivity index (χ4n) is 13.7. The standard InChI is InChI=1S/C50H65N5O7/c1-9-32-23-33-26-49(46(58)61-8,42-35(16-20-54(27-32)28-33)34-14-11-12-15-38(34)52-42)37-24-36-39(25-40(37)60-7)53(6)44-48(36)18-21-55-19-13-17-47(10-2,43(48)55)45(62-31(5)56)50(44,59)29-51-41(57)22-30(3)4/h11-15,17,23-25,30,33,43-45,52,59H,9-10,16,18-22,26-29H2,1-8H3,(H,51,57)/t33-,43?,44+,45+,47+,48+,49-,50?/m0/s1. The van der Waals surface area contributed by atoms with Crippen LogP contribution in [0.3, 0.4) is 0 Å². The van der Waals surface area contributed by atoms with E-state index in [4.69, 9.17) is 14.2 Å². The number of esters is 2. The van der Waals surface area contributed by atoms with Gasteiger partial charge in [0.1, 0.15) is 22.9 Å². The molecule has 3 N–H and O–H groups in total. The van der Waals surface area contributed by atoms with E-state index in [1.54, 1.807) is 7.11 Å². The molecule has 12 heteroatoms. The lowest BCUT2D eigenvalue weighted by molar-refractivity contribution is -0.217. The number of carbonyl (C=O) groups excluding carboxylic acids is 3. The Morgan fingerprint density at radius 1 is 1.06 bits per heavy atom. The van der Waals surface area contributed by atoms with Crippen molar-refractivity contribution in [3.63, 3.8) is 0 Å². The zero-order chi connectivity index (χ0) is 43.9. The van der Waals surface area contributed by atoms with Gasteiger partial charge in [0.15, 0.2) is 0 Å². The summed E-state index contributed by atoms with van der Waals surface area (Å²) >= 11 is 0. The van der Waals surface area contributed by atoms with E-state index < -0.39 is 40.0 Å². The number of aromatic amines is 1. The molecule has 62 heavy (non-hydrogen) atoms. The zero-order valence-corrected chi connectivity index (χ0v) is 37.8. The van der Waals surface area contributed by atoms with Crippen LogP contribution in [0.5, 0.6) is 5.75 Å². The summed E-state index contributed by atoms with van der Waals surface area (Å²) in [5, 5.41) is 18.0. The van der Waals surface area contributed by atoms with Gasteiger partial charge in [-0.3, -0.25) is 24.2 Å². The van der Waals surface area contributed by atoms with Gasteiger partial charge < -0.3 is 34.5 Å². The summed E-state index contributed by atoms with van der Waals surface area (Å²) in [6.07, 6.45) is 9.48. The highest BCUT2D eigenvalue weighted by Crippen LogP contribution is 2.68. The highest BCUT2D eigenvalue weighted by atomic mass is 16.6. The predicted molar refractivity (Wildman–Crippen MR) is 239 cm³/mol. The summed E-state index contributed by atoms with van der Waals surface area (Å²) in [6.45, 7) is 13.7. The first-order valence-corrected chi connectivity index (χ1v) is 22.9. The normalized spacial score (nSPS) is 33.4. The van der Waals surface area contributed by atoms with E-state index >= 15 is 4.79 Å². The molecule has 6 aliphatic rings. The molecule has 9 atom stereocenters.